The van der Waals surface area contributed by atoms with Crippen molar-refractivity contribution < 1.29 is 4.74 Å². The highest BCUT2D eigenvalue weighted by molar-refractivity contribution is 5.33. The van der Waals surface area contributed by atoms with E-state index in [1.54, 1.807) is 6.20 Å². The Morgan fingerprint density at radius 3 is 2.94 bits per heavy atom. The summed E-state index contributed by atoms with van der Waals surface area (Å²) in [7, 11) is 0. The summed E-state index contributed by atoms with van der Waals surface area (Å²) in [6.45, 7) is 1.46. The number of hydrogen-bond donors (Lipinski definition) is 2. The van der Waals surface area contributed by atoms with Crippen molar-refractivity contribution in [1.29, 1.82) is 5.26 Å². The van der Waals surface area contributed by atoms with Gasteiger partial charge in [-0.15, -0.1) is 0 Å². The fourth-order valence-electron chi connectivity index (χ4n) is 1.62. The Morgan fingerprint density at radius 1 is 1.28 bits per heavy atom. The molecular weight excluding hydrogens is 228 g/mol. The largest absolute Gasteiger partial charge is 0.478 e. The van der Waals surface area contributed by atoms with Gasteiger partial charge in [0.2, 0.25) is 0 Å². The second-order valence-electron chi connectivity index (χ2n) is 3.74. The van der Waals surface area contributed by atoms with Crippen LogP contribution in [0.2, 0.25) is 0 Å². The Kier molecular flexibility index (Phi) is 4.33. The molecule has 92 valence electrons. The van der Waals surface area contributed by atoms with Gasteiger partial charge in [0.05, 0.1) is 0 Å². The van der Waals surface area contributed by atoms with Gasteiger partial charge in [-0.25, -0.2) is 0 Å². The quantitative estimate of drug-likeness (QED) is 0.807. The van der Waals surface area contributed by atoms with E-state index in [1.165, 1.54) is 0 Å². The Balaban J connectivity index is 1.90. The number of nitrogens with zero attached hydrogens (tertiary/aromatic N) is 2. The molecule has 0 aliphatic rings. The molecule has 0 saturated carbocycles. The summed E-state index contributed by atoms with van der Waals surface area (Å²) in [5.74, 6) is 0.746. The Bertz CT molecular complexity index is 516. The first kappa shape index (κ1) is 12.1. The fraction of sp³-hybridized carbons (Fsp3) is 0.231. The van der Waals surface area contributed by atoms with Crippen molar-refractivity contribution in [3.63, 3.8) is 0 Å². The van der Waals surface area contributed by atoms with E-state index in [0.717, 1.165) is 17.0 Å². The molecule has 0 unspecified atom stereocenters. The van der Waals surface area contributed by atoms with E-state index in [0.29, 0.717) is 13.1 Å². The van der Waals surface area contributed by atoms with Crippen LogP contribution in [-0.2, 0) is 13.1 Å². The van der Waals surface area contributed by atoms with E-state index < -0.39 is 0 Å². The summed E-state index contributed by atoms with van der Waals surface area (Å²) in [4.78, 5) is 0. The molecule has 0 spiro atoms. The molecule has 2 N–H and O–H groups in total. The number of aromatic amines is 1. The molecule has 0 amide bonds. The molecule has 0 saturated heterocycles. The minimum Gasteiger partial charge on any atom is -0.478 e. The van der Waals surface area contributed by atoms with Gasteiger partial charge in [-0.1, -0.05) is 18.2 Å². The van der Waals surface area contributed by atoms with Crippen molar-refractivity contribution >= 4 is 0 Å². The summed E-state index contributed by atoms with van der Waals surface area (Å²) >= 11 is 0. The zero-order valence-corrected chi connectivity index (χ0v) is 9.89. The van der Waals surface area contributed by atoms with Crippen molar-refractivity contribution in [3.05, 3.63) is 47.8 Å². The van der Waals surface area contributed by atoms with Gasteiger partial charge >= 0.3 is 0 Å². The molecule has 1 heterocycles. The minimum atomic E-state index is 0.0670. The van der Waals surface area contributed by atoms with Crippen LogP contribution in [0.15, 0.2) is 36.5 Å². The minimum absolute atomic E-state index is 0.0670. The second-order valence-corrected chi connectivity index (χ2v) is 3.74. The molecule has 5 nitrogen and oxygen atoms in total. The fourth-order valence-corrected chi connectivity index (χ4v) is 1.62. The number of ether oxygens (including phenoxy) is 1. The number of para-hydroxylation sites is 1. The van der Waals surface area contributed by atoms with Gasteiger partial charge in [0.1, 0.15) is 11.8 Å². The van der Waals surface area contributed by atoms with E-state index in [1.807, 2.05) is 36.4 Å². The van der Waals surface area contributed by atoms with E-state index in [4.69, 9.17) is 10.00 Å². The summed E-state index contributed by atoms with van der Waals surface area (Å²) in [6.07, 6.45) is 1.72. The van der Waals surface area contributed by atoms with Crippen molar-refractivity contribution in [2.24, 2.45) is 0 Å². The monoisotopic (exact) mass is 242 g/mol. The summed E-state index contributed by atoms with van der Waals surface area (Å²) in [5.41, 5.74) is 2.07. The Morgan fingerprint density at radius 2 is 2.17 bits per heavy atom. The highest BCUT2D eigenvalue weighted by Gasteiger charge is 2.02. The van der Waals surface area contributed by atoms with Crippen LogP contribution in [0.4, 0.5) is 0 Å². The third kappa shape index (κ3) is 3.34. The molecule has 2 rings (SSSR count). The molecule has 0 fully saturated rings. The van der Waals surface area contributed by atoms with Crippen LogP contribution in [0.25, 0.3) is 0 Å². The van der Waals surface area contributed by atoms with Crippen molar-refractivity contribution in [3.8, 4) is 11.8 Å². The van der Waals surface area contributed by atoms with Gasteiger partial charge in [-0.05, 0) is 12.1 Å². The Hall–Kier alpha value is -2.32. The molecule has 0 radical (unpaired) electrons. The zero-order chi connectivity index (χ0) is 12.6. The standard InChI is InChI=1S/C13H14N4O/c14-6-8-18-13-4-2-1-3-11(13)9-15-10-12-5-7-16-17-12/h1-5,7,15H,8-10H2,(H,16,17). The lowest BCUT2D eigenvalue weighted by Crippen LogP contribution is -2.14. The molecule has 0 bridgehead atoms. The first-order valence-electron chi connectivity index (χ1n) is 5.67. The number of rotatable bonds is 6. The first-order chi connectivity index (χ1) is 8.90. The normalized spacial score (nSPS) is 9.94. The third-order valence-electron chi connectivity index (χ3n) is 2.45. The van der Waals surface area contributed by atoms with E-state index in [-0.39, 0.29) is 6.61 Å². The molecule has 1 aromatic heterocycles. The van der Waals surface area contributed by atoms with Gasteiger partial charge in [-0.2, -0.15) is 10.4 Å². The Labute approximate surface area is 105 Å². The maximum atomic E-state index is 8.52. The zero-order valence-electron chi connectivity index (χ0n) is 9.89. The number of aromatic nitrogens is 2. The van der Waals surface area contributed by atoms with Gasteiger partial charge < -0.3 is 10.1 Å². The van der Waals surface area contributed by atoms with Crippen LogP contribution in [0.5, 0.6) is 5.75 Å². The van der Waals surface area contributed by atoms with Gasteiger partial charge in [-0.3, -0.25) is 5.10 Å². The predicted octanol–water partition coefficient (Wildman–Crippen LogP) is 1.60. The molecular formula is C13H14N4O. The van der Waals surface area contributed by atoms with Crippen LogP contribution in [-0.4, -0.2) is 16.8 Å². The van der Waals surface area contributed by atoms with Crippen molar-refractivity contribution in [2.45, 2.75) is 13.1 Å². The van der Waals surface area contributed by atoms with E-state index in [9.17, 15) is 0 Å². The van der Waals surface area contributed by atoms with Gasteiger partial charge in [0.25, 0.3) is 0 Å². The van der Waals surface area contributed by atoms with Crippen LogP contribution < -0.4 is 10.1 Å². The van der Waals surface area contributed by atoms with Crippen molar-refractivity contribution in [1.82, 2.24) is 15.5 Å². The average molecular weight is 242 g/mol. The smallest absolute Gasteiger partial charge is 0.174 e. The molecule has 1 aromatic carbocycles. The number of nitriles is 1. The predicted molar refractivity (Wildman–Crippen MR) is 66.7 cm³/mol. The SMILES string of the molecule is N#CCOc1ccccc1CNCc1ccn[nH]1. The lowest BCUT2D eigenvalue weighted by Gasteiger charge is -2.09. The van der Waals surface area contributed by atoms with E-state index in [2.05, 4.69) is 15.5 Å². The molecule has 0 aliphatic carbocycles. The first-order valence-corrected chi connectivity index (χ1v) is 5.67. The lowest BCUT2D eigenvalue weighted by molar-refractivity contribution is 0.362. The van der Waals surface area contributed by atoms with Crippen LogP contribution in [0.1, 0.15) is 11.3 Å². The summed E-state index contributed by atoms with van der Waals surface area (Å²) in [5, 5.41) is 18.6. The van der Waals surface area contributed by atoms with Gasteiger partial charge in [0, 0.05) is 30.5 Å². The topological polar surface area (TPSA) is 73.7 Å². The maximum absolute atomic E-state index is 8.52. The number of hydrogen-bond acceptors (Lipinski definition) is 4. The van der Waals surface area contributed by atoms with E-state index >= 15 is 0 Å². The number of nitrogens with one attached hydrogen (secondary N) is 2. The molecule has 0 atom stereocenters. The van der Waals surface area contributed by atoms with Crippen LogP contribution >= 0.6 is 0 Å². The highest BCUT2D eigenvalue weighted by atomic mass is 16.5. The summed E-state index contributed by atoms with van der Waals surface area (Å²) < 4.78 is 5.35. The lowest BCUT2D eigenvalue weighted by atomic mass is 10.2. The number of H-pyrrole nitrogens is 1. The number of benzene rings is 1. The van der Waals surface area contributed by atoms with Crippen LogP contribution in [0.3, 0.4) is 0 Å². The van der Waals surface area contributed by atoms with Crippen molar-refractivity contribution in [2.75, 3.05) is 6.61 Å². The molecule has 5 heteroatoms. The highest BCUT2D eigenvalue weighted by Crippen LogP contribution is 2.17. The average Bonchev–Trinajstić information content (AvgIpc) is 2.91. The van der Waals surface area contributed by atoms with Crippen LogP contribution in [0, 0.1) is 11.3 Å². The molecule has 2 aromatic rings. The molecule has 0 aliphatic heterocycles. The summed E-state index contributed by atoms with van der Waals surface area (Å²) in [6, 6.07) is 11.6. The molecule has 18 heavy (non-hydrogen) atoms. The van der Waals surface area contributed by atoms with Gasteiger partial charge in [0.15, 0.2) is 6.61 Å². The maximum Gasteiger partial charge on any atom is 0.174 e. The third-order valence-corrected chi connectivity index (χ3v) is 2.45. The second kappa shape index (κ2) is 6.42.